The Bertz CT molecular complexity index is 1580. The fourth-order valence-electron chi connectivity index (χ4n) is 6.12. The zero-order valence-corrected chi connectivity index (χ0v) is 22.9. The molecule has 1 fully saturated rings. The maximum atomic E-state index is 10.8. The van der Waals surface area contributed by atoms with Crippen LogP contribution in [-0.4, -0.2) is 59.1 Å². The molecule has 3 aromatic heterocycles. The van der Waals surface area contributed by atoms with Crippen LogP contribution in [0.1, 0.15) is 47.4 Å². The van der Waals surface area contributed by atoms with Crippen molar-refractivity contribution >= 4 is 17.0 Å². The lowest BCUT2D eigenvalue weighted by atomic mass is 9.90. The van der Waals surface area contributed by atoms with E-state index in [4.69, 9.17) is 5.73 Å². The Morgan fingerprint density at radius 2 is 1.90 bits per heavy atom. The third-order valence-corrected chi connectivity index (χ3v) is 8.18. The van der Waals surface area contributed by atoms with Gasteiger partial charge in [-0.3, -0.25) is 4.68 Å². The average molecular weight is 553 g/mol. The predicted octanol–water partition coefficient (Wildman–Crippen LogP) is 3.57. The third-order valence-electron chi connectivity index (χ3n) is 8.18. The summed E-state index contributed by atoms with van der Waals surface area (Å²) in [5.41, 5.74) is 11.7. The number of nitrogens with zero attached hydrogens (tertiary/aromatic N) is 5. The summed E-state index contributed by atoms with van der Waals surface area (Å²) in [5.74, 6) is 0.897. The van der Waals surface area contributed by atoms with Crippen LogP contribution in [0.5, 0.6) is 5.75 Å². The lowest BCUT2D eigenvalue weighted by Crippen LogP contribution is -2.29. The molecule has 10 heteroatoms. The molecule has 0 saturated heterocycles. The van der Waals surface area contributed by atoms with E-state index in [0.29, 0.717) is 23.5 Å². The topological polar surface area (TPSA) is 151 Å². The molecular formula is C31H36N8O2. The van der Waals surface area contributed by atoms with Gasteiger partial charge < -0.3 is 21.3 Å². The van der Waals surface area contributed by atoms with E-state index in [-0.39, 0.29) is 29.7 Å². The second-order valence-electron chi connectivity index (χ2n) is 11.1. The number of pyridine rings is 1. The number of hydrogen-bond donors (Lipinski definition) is 5. The number of benzene rings is 2. The van der Waals surface area contributed by atoms with E-state index in [1.165, 1.54) is 5.56 Å². The van der Waals surface area contributed by atoms with E-state index in [9.17, 15) is 10.2 Å². The highest BCUT2D eigenvalue weighted by atomic mass is 16.3. The summed E-state index contributed by atoms with van der Waals surface area (Å²) in [7, 11) is 0. The van der Waals surface area contributed by atoms with Gasteiger partial charge in [-0.15, -0.1) is 5.10 Å². The first-order chi connectivity index (χ1) is 20.0. The van der Waals surface area contributed by atoms with Crippen molar-refractivity contribution in [3.63, 3.8) is 0 Å². The monoisotopic (exact) mass is 552 g/mol. The molecule has 0 aliphatic heterocycles. The van der Waals surface area contributed by atoms with E-state index in [0.717, 1.165) is 55.3 Å². The number of fused-ring (bicyclic) bond motifs is 1. The van der Waals surface area contributed by atoms with Crippen LogP contribution < -0.4 is 11.1 Å². The smallest absolute Gasteiger partial charge is 0.203 e. The highest BCUT2D eigenvalue weighted by Gasteiger charge is 2.33. The van der Waals surface area contributed by atoms with Crippen LogP contribution in [0.15, 0.2) is 73.1 Å². The fourth-order valence-corrected chi connectivity index (χ4v) is 6.12. The van der Waals surface area contributed by atoms with Gasteiger partial charge in [0.05, 0.1) is 12.3 Å². The van der Waals surface area contributed by atoms with E-state index in [1.54, 1.807) is 12.1 Å². The fraction of sp³-hybridized carbons (Fsp3) is 0.355. The van der Waals surface area contributed by atoms with E-state index in [1.807, 2.05) is 35.1 Å². The molecule has 1 aliphatic carbocycles. The summed E-state index contributed by atoms with van der Waals surface area (Å²) in [6.07, 6.45) is 7.82. The summed E-state index contributed by atoms with van der Waals surface area (Å²) >= 11 is 0. The molecule has 1 aliphatic rings. The van der Waals surface area contributed by atoms with Gasteiger partial charge in [0.2, 0.25) is 5.65 Å². The molecule has 5 aromatic rings. The summed E-state index contributed by atoms with van der Waals surface area (Å²) in [6, 6.07) is 19.9. The van der Waals surface area contributed by atoms with Gasteiger partial charge in [-0.1, -0.05) is 42.5 Å². The maximum Gasteiger partial charge on any atom is 0.203 e. The number of H-pyrrole nitrogens is 1. The van der Waals surface area contributed by atoms with Gasteiger partial charge in [0.1, 0.15) is 17.1 Å². The molecule has 2 aromatic carbocycles. The van der Waals surface area contributed by atoms with Crippen molar-refractivity contribution < 1.29 is 10.2 Å². The number of aryl methyl sites for hydroxylation is 2. The van der Waals surface area contributed by atoms with Crippen LogP contribution in [0.25, 0.3) is 11.2 Å². The van der Waals surface area contributed by atoms with Crippen LogP contribution in [0.3, 0.4) is 0 Å². The lowest BCUT2D eigenvalue weighted by molar-refractivity contribution is 0.131. The maximum absolute atomic E-state index is 10.8. The van der Waals surface area contributed by atoms with Gasteiger partial charge in [0.25, 0.3) is 0 Å². The molecule has 41 heavy (non-hydrogen) atoms. The van der Waals surface area contributed by atoms with E-state index < -0.39 is 0 Å². The number of phenolic OH excluding ortho intramolecular Hbond substituents is 1. The van der Waals surface area contributed by atoms with Gasteiger partial charge in [-0.25, -0.2) is 4.98 Å². The number of aromatic hydroxyl groups is 1. The van der Waals surface area contributed by atoms with Gasteiger partial charge >= 0.3 is 0 Å². The molecule has 0 radical (unpaired) electrons. The summed E-state index contributed by atoms with van der Waals surface area (Å²) < 4.78 is 1.94. The Morgan fingerprint density at radius 1 is 1.05 bits per heavy atom. The zero-order chi connectivity index (χ0) is 28.2. The van der Waals surface area contributed by atoms with Crippen molar-refractivity contribution in [3.8, 4) is 5.75 Å². The van der Waals surface area contributed by atoms with Crippen molar-refractivity contribution in [2.45, 2.75) is 56.7 Å². The van der Waals surface area contributed by atoms with Crippen LogP contribution in [0, 0.1) is 5.92 Å². The number of nitrogens with two attached hydrogens (primary N) is 1. The number of phenols is 1. The standard InChI is InChI=1S/C31H36N8O2/c32-29-17-27(30-31(35-29)37-38-36-30)26(23-18-34-39(19-23)12-10-21-7-4-8-25(40)14-21)9-11-33-24-15-22(28(41)16-24)13-20-5-2-1-3-6-20/h1-8,14,17-19,22,24,26,28,33,40-41H,9-13,15-16H2,(H3,32,35,36,37,38)/t22-,24-,26?,28-/m0/s1. The number of rotatable bonds is 11. The molecular weight excluding hydrogens is 516 g/mol. The van der Waals surface area contributed by atoms with Crippen LogP contribution in [-0.2, 0) is 19.4 Å². The van der Waals surface area contributed by atoms with Gasteiger partial charge in [-0.05, 0) is 85.0 Å². The molecule has 0 spiro atoms. The largest absolute Gasteiger partial charge is 0.508 e. The Hall–Kier alpha value is -4.28. The van der Waals surface area contributed by atoms with Crippen molar-refractivity contribution in [1.82, 2.24) is 35.5 Å². The molecule has 10 nitrogen and oxygen atoms in total. The zero-order valence-electron chi connectivity index (χ0n) is 22.9. The van der Waals surface area contributed by atoms with Crippen LogP contribution in [0.4, 0.5) is 5.82 Å². The molecule has 0 bridgehead atoms. The molecule has 1 unspecified atom stereocenters. The number of hydrogen-bond acceptors (Lipinski definition) is 8. The van der Waals surface area contributed by atoms with Crippen molar-refractivity contribution in [1.29, 1.82) is 0 Å². The number of nitrogen functional groups attached to an aromatic ring is 1. The molecule has 3 heterocycles. The number of aromatic amines is 1. The highest BCUT2D eigenvalue weighted by molar-refractivity contribution is 5.77. The van der Waals surface area contributed by atoms with Crippen molar-refractivity contribution in [2.75, 3.05) is 12.3 Å². The lowest BCUT2D eigenvalue weighted by Gasteiger charge is -2.19. The molecule has 6 rings (SSSR count). The number of aliphatic hydroxyl groups excluding tert-OH is 1. The van der Waals surface area contributed by atoms with E-state index >= 15 is 0 Å². The van der Waals surface area contributed by atoms with Crippen LogP contribution >= 0.6 is 0 Å². The first-order valence-corrected chi connectivity index (χ1v) is 14.2. The quantitative estimate of drug-likeness (QED) is 0.167. The molecule has 4 atom stereocenters. The number of aliphatic hydroxyl groups is 1. The van der Waals surface area contributed by atoms with E-state index in [2.05, 4.69) is 61.3 Å². The highest BCUT2D eigenvalue weighted by Crippen LogP contribution is 2.33. The normalized spacial score (nSPS) is 19.6. The molecule has 6 N–H and O–H groups in total. The van der Waals surface area contributed by atoms with Crippen molar-refractivity contribution in [2.24, 2.45) is 5.92 Å². The second kappa shape index (κ2) is 12.1. The Morgan fingerprint density at radius 3 is 2.76 bits per heavy atom. The first-order valence-electron chi connectivity index (χ1n) is 14.2. The van der Waals surface area contributed by atoms with Gasteiger partial charge in [-0.2, -0.15) is 15.4 Å². The Kier molecular flexibility index (Phi) is 7.93. The first kappa shape index (κ1) is 26.9. The summed E-state index contributed by atoms with van der Waals surface area (Å²) in [5, 5.41) is 40.1. The minimum absolute atomic E-state index is 0.0265. The predicted molar refractivity (Wildman–Crippen MR) is 157 cm³/mol. The number of aromatic nitrogens is 6. The summed E-state index contributed by atoms with van der Waals surface area (Å²) in [6.45, 7) is 1.45. The van der Waals surface area contributed by atoms with Gasteiger partial charge in [0, 0.05) is 24.7 Å². The second-order valence-corrected chi connectivity index (χ2v) is 11.1. The minimum Gasteiger partial charge on any atom is -0.508 e. The van der Waals surface area contributed by atoms with Gasteiger partial charge in [0.15, 0.2) is 0 Å². The molecule has 1 saturated carbocycles. The minimum atomic E-state index is -0.303. The third kappa shape index (κ3) is 6.39. The SMILES string of the molecule is Nc1cc(C(CCN[C@H]2C[C@H](Cc3ccccc3)[C@@H](O)C2)c2cnn(CCc3cccc(O)c3)c2)c2n[nH]nc2n1. The Balaban J connectivity index is 1.16. The number of anilines is 1. The Labute approximate surface area is 238 Å². The van der Waals surface area contributed by atoms with Crippen LogP contribution in [0.2, 0.25) is 0 Å². The molecule has 0 amide bonds. The molecule has 212 valence electrons. The number of nitrogens with one attached hydrogen (secondary N) is 2. The summed E-state index contributed by atoms with van der Waals surface area (Å²) in [4.78, 5) is 4.33. The van der Waals surface area contributed by atoms with Crippen molar-refractivity contribution in [3.05, 3.63) is 95.3 Å². The average Bonchev–Trinajstić information content (AvgIpc) is 3.71.